The number of nitrogens with two attached hydrogens (primary N) is 1. The predicted molar refractivity (Wildman–Crippen MR) is 72.8 cm³/mol. The number of benzene rings is 1. The summed E-state index contributed by atoms with van der Waals surface area (Å²) in [7, 11) is 0. The van der Waals surface area contributed by atoms with Crippen molar-refractivity contribution in [1.82, 2.24) is 0 Å². The van der Waals surface area contributed by atoms with Gasteiger partial charge >= 0.3 is 12.1 Å². The van der Waals surface area contributed by atoms with E-state index < -0.39 is 12.1 Å². The van der Waals surface area contributed by atoms with Crippen LogP contribution in [0.5, 0.6) is 0 Å². The van der Waals surface area contributed by atoms with Crippen LogP contribution in [0.4, 0.5) is 24.5 Å². The Hall–Kier alpha value is -2.09. The van der Waals surface area contributed by atoms with Crippen molar-refractivity contribution in [2.75, 3.05) is 17.2 Å². The van der Waals surface area contributed by atoms with Gasteiger partial charge in [0.05, 0.1) is 11.4 Å². The SMILES string of the molecule is Cc1ccc(NC(=O)C(F)(F)F)c(NC(=O)CCCN)c1. The Kier molecular flexibility index (Phi) is 5.71. The van der Waals surface area contributed by atoms with Crippen molar-refractivity contribution in [3.8, 4) is 0 Å². The molecule has 0 aliphatic heterocycles. The molecule has 0 fully saturated rings. The number of halogens is 3. The van der Waals surface area contributed by atoms with Crippen LogP contribution in [0.25, 0.3) is 0 Å². The molecule has 0 saturated heterocycles. The maximum atomic E-state index is 12.3. The standard InChI is InChI=1S/C13H16F3N3O2/c1-8-4-5-9(19-12(21)13(14,15)16)10(7-8)18-11(20)3-2-6-17/h4-5,7H,2-3,6,17H2,1H3,(H,18,20)(H,19,21). The summed E-state index contributed by atoms with van der Waals surface area (Å²) in [5, 5.41) is 4.20. The van der Waals surface area contributed by atoms with Crippen LogP contribution in [0.2, 0.25) is 0 Å². The molecule has 21 heavy (non-hydrogen) atoms. The second kappa shape index (κ2) is 7.07. The molecule has 4 N–H and O–H groups in total. The number of carbonyl (C=O) groups excluding carboxylic acids is 2. The second-order valence-electron chi connectivity index (χ2n) is 4.44. The first-order valence-corrected chi connectivity index (χ1v) is 6.23. The first-order chi connectivity index (χ1) is 9.74. The van der Waals surface area contributed by atoms with Crippen molar-refractivity contribution in [1.29, 1.82) is 0 Å². The topological polar surface area (TPSA) is 84.2 Å². The van der Waals surface area contributed by atoms with Crippen LogP contribution in [0, 0.1) is 6.92 Å². The molecule has 0 aromatic heterocycles. The Balaban J connectivity index is 2.90. The lowest BCUT2D eigenvalue weighted by molar-refractivity contribution is -0.167. The Morgan fingerprint density at radius 2 is 1.86 bits per heavy atom. The van der Waals surface area contributed by atoms with Gasteiger partial charge in [-0.3, -0.25) is 9.59 Å². The monoisotopic (exact) mass is 303 g/mol. The molecule has 0 bridgehead atoms. The summed E-state index contributed by atoms with van der Waals surface area (Å²) in [6.07, 6.45) is -4.38. The third kappa shape index (κ3) is 5.42. The van der Waals surface area contributed by atoms with Crippen molar-refractivity contribution in [3.63, 3.8) is 0 Å². The molecule has 1 aromatic rings. The normalized spacial score (nSPS) is 11.1. The van der Waals surface area contributed by atoms with E-state index in [2.05, 4.69) is 5.32 Å². The van der Waals surface area contributed by atoms with Gasteiger partial charge in [-0.15, -0.1) is 0 Å². The van der Waals surface area contributed by atoms with E-state index in [1.165, 1.54) is 18.2 Å². The number of rotatable bonds is 5. The molecule has 0 spiro atoms. The minimum atomic E-state index is -4.99. The number of amides is 2. The van der Waals surface area contributed by atoms with Gasteiger partial charge < -0.3 is 16.4 Å². The molecule has 0 saturated carbocycles. The third-order valence-corrected chi connectivity index (χ3v) is 2.56. The smallest absolute Gasteiger partial charge is 0.330 e. The maximum Gasteiger partial charge on any atom is 0.471 e. The zero-order valence-corrected chi connectivity index (χ0v) is 11.4. The Bertz CT molecular complexity index is 530. The molecule has 0 aliphatic carbocycles. The lowest BCUT2D eigenvalue weighted by Gasteiger charge is -2.14. The molecule has 0 aliphatic rings. The summed E-state index contributed by atoms with van der Waals surface area (Å²) >= 11 is 0. The zero-order chi connectivity index (χ0) is 16.0. The van der Waals surface area contributed by atoms with Crippen molar-refractivity contribution >= 4 is 23.2 Å². The largest absolute Gasteiger partial charge is 0.471 e. The first kappa shape index (κ1) is 17.0. The summed E-state index contributed by atoms with van der Waals surface area (Å²) in [6.45, 7) is 2.05. The van der Waals surface area contributed by atoms with E-state index in [1.54, 1.807) is 12.2 Å². The van der Waals surface area contributed by atoms with E-state index in [0.717, 1.165) is 5.56 Å². The van der Waals surface area contributed by atoms with Gasteiger partial charge in [0.15, 0.2) is 0 Å². The van der Waals surface area contributed by atoms with E-state index in [9.17, 15) is 22.8 Å². The van der Waals surface area contributed by atoms with Crippen molar-refractivity contribution in [2.45, 2.75) is 25.9 Å². The number of alkyl halides is 3. The highest BCUT2D eigenvalue weighted by Crippen LogP contribution is 2.26. The number of carbonyl (C=O) groups is 2. The van der Waals surface area contributed by atoms with Gasteiger partial charge in [-0.2, -0.15) is 13.2 Å². The lowest BCUT2D eigenvalue weighted by atomic mass is 10.1. The summed E-state index contributed by atoms with van der Waals surface area (Å²) < 4.78 is 36.8. The number of aryl methyl sites for hydroxylation is 1. The van der Waals surface area contributed by atoms with Gasteiger partial charge in [-0.05, 0) is 37.6 Å². The summed E-state index contributed by atoms with van der Waals surface area (Å²) in [4.78, 5) is 22.6. The van der Waals surface area contributed by atoms with Gasteiger partial charge in [-0.1, -0.05) is 6.07 Å². The fraction of sp³-hybridized carbons (Fsp3) is 0.385. The van der Waals surface area contributed by atoms with Crippen LogP contribution in [0.3, 0.4) is 0 Å². The van der Waals surface area contributed by atoms with Gasteiger partial charge in [0.25, 0.3) is 0 Å². The van der Waals surface area contributed by atoms with E-state index in [1.807, 2.05) is 0 Å². The van der Waals surface area contributed by atoms with Crippen molar-refractivity contribution < 1.29 is 22.8 Å². The third-order valence-electron chi connectivity index (χ3n) is 2.56. The van der Waals surface area contributed by atoms with Crippen molar-refractivity contribution in [2.24, 2.45) is 5.73 Å². The molecule has 1 rings (SSSR count). The minimum Gasteiger partial charge on any atom is -0.330 e. The molecule has 0 atom stereocenters. The Morgan fingerprint density at radius 3 is 2.43 bits per heavy atom. The average molecular weight is 303 g/mol. The van der Waals surface area contributed by atoms with Gasteiger partial charge in [0.1, 0.15) is 0 Å². The zero-order valence-electron chi connectivity index (χ0n) is 11.4. The van der Waals surface area contributed by atoms with Crippen LogP contribution in [0.1, 0.15) is 18.4 Å². The molecule has 8 heteroatoms. The highest BCUT2D eigenvalue weighted by atomic mass is 19.4. The van der Waals surface area contributed by atoms with E-state index in [0.29, 0.717) is 13.0 Å². The maximum absolute atomic E-state index is 12.3. The summed E-state index contributed by atoms with van der Waals surface area (Å²) in [5.74, 6) is -2.47. The molecule has 0 unspecified atom stereocenters. The van der Waals surface area contributed by atoms with E-state index >= 15 is 0 Å². The van der Waals surface area contributed by atoms with Gasteiger partial charge in [0.2, 0.25) is 5.91 Å². The molecule has 116 valence electrons. The molecule has 1 aromatic carbocycles. The lowest BCUT2D eigenvalue weighted by Crippen LogP contribution is -2.30. The van der Waals surface area contributed by atoms with Crippen molar-refractivity contribution in [3.05, 3.63) is 23.8 Å². The second-order valence-corrected chi connectivity index (χ2v) is 4.44. The quantitative estimate of drug-likeness (QED) is 0.779. The number of anilines is 2. The van der Waals surface area contributed by atoms with E-state index in [-0.39, 0.29) is 23.7 Å². The van der Waals surface area contributed by atoms with Crippen LogP contribution in [-0.4, -0.2) is 24.5 Å². The molecular weight excluding hydrogens is 287 g/mol. The van der Waals surface area contributed by atoms with Crippen LogP contribution in [0.15, 0.2) is 18.2 Å². The number of nitrogens with one attached hydrogen (secondary N) is 2. The van der Waals surface area contributed by atoms with Crippen LogP contribution in [-0.2, 0) is 9.59 Å². The van der Waals surface area contributed by atoms with Crippen LogP contribution < -0.4 is 16.4 Å². The predicted octanol–water partition coefficient (Wildman–Crippen LogP) is 2.17. The van der Waals surface area contributed by atoms with Gasteiger partial charge in [0, 0.05) is 6.42 Å². The molecule has 2 amide bonds. The van der Waals surface area contributed by atoms with E-state index in [4.69, 9.17) is 5.73 Å². The Labute approximate surface area is 119 Å². The average Bonchev–Trinajstić information content (AvgIpc) is 2.38. The molecular formula is C13H16F3N3O2. The molecule has 0 heterocycles. The fourth-order valence-corrected chi connectivity index (χ4v) is 1.54. The molecule has 5 nitrogen and oxygen atoms in total. The fourth-order valence-electron chi connectivity index (χ4n) is 1.54. The number of hydrogen-bond acceptors (Lipinski definition) is 3. The Morgan fingerprint density at radius 1 is 1.19 bits per heavy atom. The summed E-state index contributed by atoms with van der Waals surface area (Å²) in [6, 6.07) is 4.31. The molecule has 0 radical (unpaired) electrons. The first-order valence-electron chi connectivity index (χ1n) is 6.23. The highest BCUT2D eigenvalue weighted by molar-refractivity contribution is 6.01. The number of hydrogen-bond donors (Lipinski definition) is 3. The summed E-state index contributed by atoms with van der Waals surface area (Å²) in [5.41, 5.74) is 6.02. The van der Waals surface area contributed by atoms with Crippen LogP contribution >= 0.6 is 0 Å². The van der Waals surface area contributed by atoms with Gasteiger partial charge in [-0.25, -0.2) is 0 Å². The minimum absolute atomic E-state index is 0.107. The highest BCUT2D eigenvalue weighted by Gasteiger charge is 2.39.